The van der Waals surface area contributed by atoms with Gasteiger partial charge in [-0.25, -0.2) is 9.50 Å². The topological polar surface area (TPSA) is 119 Å². The molecule has 0 unspecified atom stereocenters. The molecule has 0 aliphatic heterocycles. The zero-order valence-corrected chi connectivity index (χ0v) is 27.8. The Bertz CT molecular complexity index is 2140. The van der Waals surface area contributed by atoms with Crippen LogP contribution in [0.3, 0.4) is 0 Å². The van der Waals surface area contributed by atoms with Gasteiger partial charge in [0.15, 0.2) is 5.65 Å². The van der Waals surface area contributed by atoms with Gasteiger partial charge in [0.1, 0.15) is 17.8 Å². The quantitative estimate of drug-likeness (QED) is 0.157. The van der Waals surface area contributed by atoms with E-state index in [4.69, 9.17) is 38.9 Å². The van der Waals surface area contributed by atoms with Gasteiger partial charge in [0.05, 0.1) is 23.6 Å². The maximum absolute atomic E-state index is 11.8. The molecule has 10 nitrogen and oxygen atoms in total. The Hall–Kier alpha value is -4.51. The number of ketones is 1. The molecule has 2 aromatic carbocycles. The molecule has 2 aliphatic carbocycles. The van der Waals surface area contributed by atoms with Crippen LogP contribution in [0, 0.1) is 0 Å². The summed E-state index contributed by atoms with van der Waals surface area (Å²) in [5.41, 5.74) is 12.1. The van der Waals surface area contributed by atoms with Gasteiger partial charge in [-0.1, -0.05) is 35.3 Å². The summed E-state index contributed by atoms with van der Waals surface area (Å²) in [6, 6.07) is 18.5. The monoisotopic (exact) mass is 680 g/mol. The van der Waals surface area contributed by atoms with Crippen LogP contribution < -0.4 is 20.9 Å². The van der Waals surface area contributed by atoms with Gasteiger partial charge in [0, 0.05) is 58.8 Å². The van der Waals surface area contributed by atoms with Crippen molar-refractivity contribution >= 4 is 51.9 Å². The fourth-order valence-electron chi connectivity index (χ4n) is 6.93. The van der Waals surface area contributed by atoms with Crippen molar-refractivity contribution in [1.82, 2.24) is 24.3 Å². The number of fused-ring (bicyclic) bond motifs is 2. The number of carbonyl (C=O) groups excluding carboxylic acids is 1. The molecule has 48 heavy (non-hydrogen) atoms. The van der Waals surface area contributed by atoms with Crippen LogP contribution in [0.4, 0.5) is 11.6 Å². The summed E-state index contributed by atoms with van der Waals surface area (Å²) in [7, 11) is 0. The normalized spacial score (nSPS) is 18.9. The van der Waals surface area contributed by atoms with Crippen LogP contribution in [-0.2, 0) is 4.79 Å². The van der Waals surface area contributed by atoms with Gasteiger partial charge in [0.25, 0.3) is 0 Å². The van der Waals surface area contributed by atoms with E-state index in [1.54, 1.807) is 4.52 Å². The first-order valence-electron chi connectivity index (χ1n) is 16.5. The lowest BCUT2D eigenvalue weighted by molar-refractivity contribution is -0.599. The van der Waals surface area contributed by atoms with Crippen molar-refractivity contribution in [3.05, 3.63) is 89.4 Å². The first kappa shape index (κ1) is 30.8. The second kappa shape index (κ2) is 12.8. The number of hydrogen-bond acceptors (Lipinski definition) is 7. The number of nitrogens with one attached hydrogen (secondary N) is 2. The molecular formula is C36H36Cl2N9O+. The first-order chi connectivity index (χ1) is 23.4. The van der Waals surface area contributed by atoms with Gasteiger partial charge in [-0.3, -0.25) is 4.79 Å². The summed E-state index contributed by atoms with van der Waals surface area (Å²) in [5, 5.41) is 13.0. The number of aromatic nitrogens is 6. The second-order valence-electron chi connectivity index (χ2n) is 12.9. The zero-order valence-electron chi connectivity index (χ0n) is 26.3. The lowest BCUT2D eigenvalue weighted by Crippen LogP contribution is -2.33. The molecule has 0 radical (unpaired) electrons. The molecule has 2 fully saturated rings. The molecule has 0 saturated heterocycles. The molecule has 8 rings (SSSR count). The Kier molecular flexibility index (Phi) is 8.24. The number of Topliss-reactive ketones (excluding diaryl/α,β-unsaturated/α-hetero) is 1. The highest BCUT2D eigenvalue weighted by Crippen LogP contribution is 2.32. The van der Waals surface area contributed by atoms with Crippen LogP contribution in [0.1, 0.15) is 51.4 Å². The van der Waals surface area contributed by atoms with Crippen molar-refractivity contribution < 1.29 is 9.31 Å². The van der Waals surface area contributed by atoms with E-state index < -0.39 is 0 Å². The van der Waals surface area contributed by atoms with Gasteiger partial charge in [0.2, 0.25) is 5.82 Å². The average Bonchev–Trinajstić information content (AvgIpc) is 3.68. The van der Waals surface area contributed by atoms with E-state index in [0.29, 0.717) is 40.8 Å². The molecule has 0 spiro atoms. The number of anilines is 2. The molecule has 0 amide bonds. The van der Waals surface area contributed by atoms with E-state index in [1.807, 2.05) is 76.3 Å². The minimum Gasteiger partial charge on any atom is -0.367 e. The lowest BCUT2D eigenvalue weighted by atomic mass is 9.92. The van der Waals surface area contributed by atoms with E-state index in [9.17, 15) is 4.79 Å². The summed E-state index contributed by atoms with van der Waals surface area (Å²) < 4.78 is 5.83. The fourth-order valence-corrected chi connectivity index (χ4v) is 7.35. The summed E-state index contributed by atoms with van der Waals surface area (Å²) in [4.78, 5) is 21.8. The Morgan fingerprint density at radius 3 is 2.35 bits per heavy atom. The highest BCUT2D eigenvalue weighted by molar-refractivity contribution is 6.31. The number of halogens is 2. The Balaban J connectivity index is 1.18. The van der Waals surface area contributed by atoms with Crippen LogP contribution in [-0.4, -0.2) is 48.2 Å². The van der Waals surface area contributed by atoms with Crippen LogP contribution in [0.25, 0.3) is 39.2 Å². The van der Waals surface area contributed by atoms with Gasteiger partial charge in [-0.05, 0) is 91.0 Å². The van der Waals surface area contributed by atoms with Crippen molar-refractivity contribution in [2.45, 2.75) is 69.5 Å². The maximum atomic E-state index is 11.8. The molecule has 12 heteroatoms. The molecular weight excluding hydrogens is 645 g/mol. The standard InChI is InChI=1S/C36H35Cl2N9O/c37-24-3-1-2-22(16-24)32-21-47(46-15-13-34(44-36(32)46)42-28-8-10-30(48)11-9-28)29-18-23(17-25(38)19-29)31-20-40-45-14-12-33(43-35(31)45)41-27-6-4-26(39)5-7-27/h1-3,12-21,26-28H,4-11,39H2,(H,40,41,43)/p+1. The molecule has 244 valence electrons. The van der Waals surface area contributed by atoms with Gasteiger partial charge >= 0.3 is 5.65 Å². The number of nitrogens with two attached hydrogens (primary N) is 1. The second-order valence-corrected chi connectivity index (χ2v) is 13.8. The average molecular weight is 682 g/mol. The molecule has 0 bridgehead atoms. The minimum atomic E-state index is 0.209. The van der Waals surface area contributed by atoms with Crippen molar-refractivity contribution in [3.8, 4) is 27.9 Å². The van der Waals surface area contributed by atoms with Gasteiger partial charge in [-0.15, -0.1) is 4.52 Å². The largest absolute Gasteiger partial charge is 0.367 e. The van der Waals surface area contributed by atoms with Crippen LogP contribution >= 0.6 is 23.2 Å². The Morgan fingerprint density at radius 2 is 1.56 bits per heavy atom. The molecule has 4 aromatic heterocycles. The number of rotatable bonds is 7. The molecule has 6 aromatic rings. The molecule has 4 heterocycles. The van der Waals surface area contributed by atoms with E-state index in [2.05, 4.69) is 28.0 Å². The summed E-state index contributed by atoms with van der Waals surface area (Å²) in [6.45, 7) is 0. The molecule has 2 saturated carbocycles. The van der Waals surface area contributed by atoms with E-state index >= 15 is 0 Å². The highest BCUT2D eigenvalue weighted by atomic mass is 35.5. The van der Waals surface area contributed by atoms with Crippen molar-refractivity contribution in [2.75, 3.05) is 10.6 Å². The highest BCUT2D eigenvalue weighted by Gasteiger charge is 2.25. The van der Waals surface area contributed by atoms with E-state index in [0.717, 1.165) is 89.4 Å². The molecule has 4 N–H and O–H groups in total. The van der Waals surface area contributed by atoms with Gasteiger partial charge in [-0.2, -0.15) is 9.78 Å². The van der Waals surface area contributed by atoms with Crippen molar-refractivity contribution in [2.24, 2.45) is 5.73 Å². The number of carbonyl (C=O) groups is 1. The predicted molar refractivity (Wildman–Crippen MR) is 189 cm³/mol. The third kappa shape index (κ3) is 6.23. The smallest absolute Gasteiger partial charge is 0.358 e. The lowest BCUT2D eigenvalue weighted by Gasteiger charge is -2.27. The molecule has 2 aliphatic rings. The van der Waals surface area contributed by atoms with E-state index in [-0.39, 0.29) is 6.04 Å². The van der Waals surface area contributed by atoms with Crippen molar-refractivity contribution in [3.63, 3.8) is 0 Å². The maximum Gasteiger partial charge on any atom is 0.358 e. The first-order valence-corrected chi connectivity index (χ1v) is 17.3. The number of hydrogen-bond donors (Lipinski definition) is 3. The Labute approximate surface area is 287 Å². The van der Waals surface area contributed by atoms with Crippen molar-refractivity contribution in [1.29, 1.82) is 0 Å². The third-order valence-corrected chi connectivity index (χ3v) is 9.98. The van der Waals surface area contributed by atoms with Crippen LogP contribution in [0.15, 0.2) is 79.4 Å². The Morgan fingerprint density at radius 1 is 0.812 bits per heavy atom. The van der Waals surface area contributed by atoms with Crippen LogP contribution in [0.5, 0.6) is 0 Å². The SMILES string of the molecule is NC1CCC(Nc2ccn3ncc(-c4cc(Cl)cc(-n5cc(-c6cccc(Cl)c6)c6nc(NC7CCC(=O)CC7)cc[n+]65)c4)c3n2)CC1. The summed E-state index contributed by atoms with van der Waals surface area (Å²) in [6.07, 6.45) is 14.7. The van der Waals surface area contributed by atoms with Crippen LogP contribution in [0.2, 0.25) is 10.0 Å². The predicted octanol–water partition coefficient (Wildman–Crippen LogP) is 6.90. The number of nitrogens with zero attached hydrogens (tertiary/aromatic N) is 6. The van der Waals surface area contributed by atoms with E-state index in [1.165, 1.54) is 0 Å². The minimum absolute atomic E-state index is 0.209. The molecule has 0 atom stereocenters. The fraction of sp³-hybridized carbons (Fsp3) is 0.306. The summed E-state index contributed by atoms with van der Waals surface area (Å²) >= 11 is 13.3. The zero-order chi connectivity index (χ0) is 32.8. The third-order valence-electron chi connectivity index (χ3n) is 9.52. The number of benzene rings is 2. The van der Waals surface area contributed by atoms with Gasteiger partial charge < -0.3 is 16.4 Å². The summed E-state index contributed by atoms with van der Waals surface area (Å²) in [5.74, 6) is 1.91.